The van der Waals surface area contributed by atoms with Gasteiger partial charge in [-0.3, -0.25) is 9.59 Å². The first-order chi connectivity index (χ1) is 8.96. The third kappa shape index (κ3) is 2.55. The van der Waals surface area contributed by atoms with Gasteiger partial charge in [-0.2, -0.15) is 0 Å². The van der Waals surface area contributed by atoms with Gasteiger partial charge in [-0.25, -0.2) is 0 Å². The van der Waals surface area contributed by atoms with E-state index in [4.69, 9.17) is 4.74 Å². The summed E-state index contributed by atoms with van der Waals surface area (Å²) in [6.07, 6.45) is 0.728. The third-order valence-corrected chi connectivity index (χ3v) is 4.05. The molecule has 3 heteroatoms. The van der Waals surface area contributed by atoms with Crippen LogP contribution in [0, 0.1) is 5.41 Å². The lowest BCUT2D eigenvalue weighted by molar-refractivity contribution is -0.145. The van der Waals surface area contributed by atoms with Crippen LogP contribution in [0.15, 0.2) is 24.3 Å². The Balaban J connectivity index is 2.37. The number of ketones is 1. The van der Waals surface area contributed by atoms with Gasteiger partial charge in [0.15, 0.2) is 0 Å². The summed E-state index contributed by atoms with van der Waals surface area (Å²) in [6.45, 7) is 6.02. The second kappa shape index (κ2) is 5.16. The summed E-state index contributed by atoms with van der Waals surface area (Å²) in [5.74, 6) is -0.130. The first-order valence-electron chi connectivity index (χ1n) is 6.73. The Morgan fingerprint density at radius 2 is 2.05 bits per heavy atom. The minimum atomic E-state index is -0.513. The number of fused-ring (bicyclic) bond motifs is 1. The maximum atomic E-state index is 12.3. The van der Waals surface area contributed by atoms with Gasteiger partial charge in [-0.05, 0) is 18.1 Å². The van der Waals surface area contributed by atoms with Gasteiger partial charge in [0.25, 0.3) is 0 Å². The Morgan fingerprint density at radius 1 is 1.37 bits per heavy atom. The van der Waals surface area contributed by atoms with Crippen LogP contribution in [0.4, 0.5) is 0 Å². The number of hydrogen-bond donors (Lipinski definition) is 0. The zero-order valence-electron chi connectivity index (χ0n) is 11.7. The summed E-state index contributed by atoms with van der Waals surface area (Å²) >= 11 is 0. The molecule has 2 rings (SSSR count). The minimum absolute atomic E-state index is 0.0935. The van der Waals surface area contributed by atoms with Gasteiger partial charge in [0, 0.05) is 17.8 Å². The second-order valence-electron chi connectivity index (χ2n) is 5.58. The molecule has 0 saturated carbocycles. The van der Waals surface area contributed by atoms with Crippen molar-refractivity contribution >= 4 is 11.8 Å². The fourth-order valence-corrected chi connectivity index (χ4v) is 2.77. The molecule has 0 radical (unpaired) electrons. The summed E-state index contributed by atoms with van der Waals surface area (Å²) < 4.78 is 5.04. The molecular formula is C16H20O3. The lowest BCUT2D eigenvalue weighted by Gasteiger charge is -2.38. The highest BCUT2D eigenvalue weighted by atomic mass is 16.5. The van der Waals surface area contributed by atoms with Gasteiger partial charge in [0.1, 0.15) is 5.78 Å². The standard InChI is InChI=1S/C16H20O3/c1-4-19-15(18)10-13-12-8-6-5-7-11(12)9-14(17)16(13,2)3/h5-8,13H,4,9-10H2,1-3H3/t13-/m0/s1. The van der Waals surface area contributed by atoms with Crippen LogP contribution >= 0.6 is 0 Å². The van der Waals surface area contributed by atoms with Gasteiger partial charge in [-0.15, -0.1) is 0 Å². The molecular weight excluding hydrogens is 240 g/mol. The molecule has 0 N–H and O–H groups in total. The van der Waals surface area contributed by atoms with Crippen LogP contribution in [0.2, 0.25) is 0 Å². The fraction of sp³-hybridized carbons (Fsp3) is 0.500. The molecule has 1 aliphatic rings. The monoisotopic (exact) mass is 260 g/mol. The van der Waals surface area contributed by atoms with Crippen LogP contribution in [0.1, 0.15) is 44.2 Å². The van der Waals surface area contributed by atoms with E-state index in [1.165, 1.54) is 0 Å². The lowest BCUT2D eigenvalue weighted by Crippen LogP contribution is -2.38. The number of esters is 1. The van der Waals surface area contributed by atoms with E-state index in [1.807, 2.05) is 38.1 Å². The number of ether oxygens (including phenoxy) is 1. The van der Waals surface area contributed by atoms with E-state index in [2.05, 4.69) is 0 Å². The maximum Gasteiger partial charge on any atom is 0.306 e. The van der Waals surface area contributed by atoms with Crippen molar-refractivity contribution in [3.8, 4) is 0 Å². The number of benzene rings is 1. The predicted octanol–water partition coefficient (Wildman–Crippen LogP) is 2.87. The normalized spacial score (nSPS) is 20.8. The highest BCUT2D eigenvalue weighted by molar-refractivity contribution is 5.90. The second-order valence-corrected chi connectivity index (χ2v) is 5.58. The molecule has 1 aliphatic carbocycles. The first-order valence-corrected chi connectivity index (χ1v) is 6.73. The first kappa shape index (κ1) is 13.8. The molecule has 19 heavy (non-hydrogen) atoms. The minimum Gasteiger partial charge on any atom is -0.466 e. The molecule has 1 aromatic rings. The van der Waals surface area contributed by atoms with E-state index >= 15 is 0 Å². The number of rotatable bonds is 3. The van der Waals surface area contributed by atoms with Crippen molar-refractivity contribution in [1.29, 1.82) is 0 Å². The molecule has 0 amide bonds. The van der Waals surface area contributed by atoms with Crippen LogP contribution in [0.25, 0.3) is 0 Å². The molecule has 3 nitrogen and oxygen atoms in total. The summed E-state index contributed by atoms with van der Waals surface area (Å²) in [6, 6.07) is 7.89. The number of carbonyl (C=O) groups excluding carboxylic acids is 2. The smallest absolute Gasteiger partial charge is 0.306 e. The van der Waals surface area contributed by atoms with E-state index in [-0.39, 0.29) is 24.1 Å². The van der Waals surface area contributed by atoms with Crippen molar-refractivity contribution in [3.05, 3.63) is 35.4 Å². The molecule has 0 unspecified atom stereocenters. The summed E-state index contributed by atoms with van der Waals surface area (Å²) in [7, 11) is 0. The number of carbonyl (C=O) groups is 2. The topological polar surface area (TPSA) is 43.4 Å². The van der Waals surface area contributed by atoms with E-state index in [0.29, 0.717) is 13.0 Å². The molecule has 0 heterocycles. The quantitative estimate of drug-likeness (QED) is 0.785. The number of Topliss-reactive ketones (excluding diaryl/α,β-unsaturated/α-hetero) is 1. The Hall–Kier alpha value is -1.64. The molecule has 0 aliphatic heterocycles. The summed E-state index contributed by atoms with van der Waals surface area (Å²) in [5, 5.41) is 0. The SMILES string of the molecule is CCOC(=O)C[C@H]1c2ccccc2CC(=O)C1(C)C. The molecule has 0 fully saturated rings. The third-order valence-electron chi connectivity index (χ3n) is 4.05. The van der Waals surface area contributed by atoms with Crippen LogP contribution in [-0.2, 0) is 20.7 Å². The Kier molecular flexibility index (Phi) is 3.74. The molecule has 102 valence electrons. The highest BCUT2D eigenvalue weighted by Crippen LogP contribution is 2.45. The van der Waals surface area contributed by atoms with Crippen molar-refractivity contribution < 1.29 is 14.3 Å². The van der Waals surface area contributed by atoms with Gasteiger partial charge >= 0.3 is 5.97 Å². The van der Waals surface area contributed by atoms with E-state index in [9.17, 15) is 9.59 Å². The van der Waals surface area contributed by atoms with Gasteiger partial charge in [-0.1, -0.05) is 38.1 Å². The Labute approximate surface area is 114 Å². The largest absolute Gasteiger partial charge is 0.466 e. The van der Waals surface area contributed by atoms with Gasteiger partial charge < -0.3 is 4.74 Å². The van der Waals surface area contributed by atoms with Crippen LogP contribution in [0.3, 0.4) is 0 Å². The maximum absolute atomic E-state index is 12.3. The van der Waals surface area contributed by atoms with E-state index in [0.717, 1.165) is 11.1 Å². The average molecular weight is 260 g/mol. The zero-order valence-corrected chi connectivity index (χ0v) is 11.7. The Bertz CT molecular complexity index is 502. The molecule has 1 aromatic carbocycles. The van der Waals surface area contributed by atoms with Crippen molar-refractivity contribution in [3.63, 3.8) is 0 Å². The molecule has 0 aromatic heterocycles. The Morgan fingerprint density at radius 3 is 2.74 bits per heavy atom. The molecule has 0 bridgehead atoms. The lowest BCUT2D eigenvalue weighted by atomic mass is 9.64. The van der Waals surface area contributed by atoms with Crippen molar-refractivity contribution in [2.45, 2.75) is 39.5 Å². The highest BCUT2D eigenvalue weighted by Gasteiger charge is 2.43. The van der Waals surface area contributed by atoms with Gasteiger partial charge in [0.2, 0.25) is 0 Å². The van der Waals surface area contributed by atoms with Crippen LogP contribution in [-0.4, -0.2) is 18.4 Å². The van der Waals surface area contributed by atoms with Crippen molar-refractivity contribution in [2.24, 2.45) is 5.41 Å². The van der Waals surface area contributed by atoms with E-state index < -0.39 is 5.41 Å². The zero-order chi connectivity index (χ0) is 14.0. The van der Waals surface area contributed by atoms with Crippen LogP contribution in [0.5, 0.6) is 0 Å². The van der Waals surface area contributed by atoms with E-state index in [1.54, 1.807) is 6.92 Å². The van der Waals surface area contributed by atoms with Crippen molar-refractivity contribution in [1.82, 2.24) is 0 Å². The molecule has 1 atom stereocenters. The molecule has 0 saturated heterocycles. The van der Waals surface area contributed by atoms with Crippen molar-refractivity contribution in [2.75, 3.05) is 6.61 Å². The number of hydrogen-bond acceptors (Lipinski definition) is 3. The summed E-state index contributed by atoms with van der Waals surface area (Å²) in [5.41, 5.74) is 1.64. The fourth-order valence-electron chi connectivity index (χ4n) is 2.77. The predicted molar refractivity (Wildman–Crippen MR) is 72.9 cm³/mol. The van der Waals surface area contributed by atoms with Gasteiger partial charge in [0.05, 0.1) is 13.0 Å². The van der Waals surface area contributed by atoms with Crippen LogP contribution < -0.4 is 0 Å². The summed E-state index contributed by atoms with van der Waals surface area (Å²) in [4.78, 5) is 24.1. The molecule has 0 spiro atoms. The average Bonchev–Trinajstić information content (AvgIpc) is 2.36.